The maximum absolute atomic E-state index is 11.8. The van der Waals surface area contributed by atoms with Crippen LogP contribution in [0.2, 0.25) is 0 Å². The molecule has 0 aliphatic carbocycles. The Labute approximate surface area is 167 Å². The molecule has 0 spiro atoms. The number of guanidine groups is 1. The van der Waals surface area contributed by atoms with Gasteiger partial charge >= 0.3 is 0 Å². The second-order valence-electron chi connectivity index (χ2n) is 7.12. The first-order valence-electron chi connectivity index (χ1n) is 10.1. The highest BCUT2D eigenvalue weighted by molar-refractivity contribution is 5.84. The van der Waals surface area contributed by atoms with E-state index in [4.69, 9.17) is 13.9 Å². The molecule has 2 N–H and O–H groups in total. The first-order chi connectivity index (χ1) is 13.6. The molecule has 1 aliphatic rings. The fraction of sp³-hybridized carbons (Fsp3) is 0.700. The first-order valence-corrected chi connectivity index (χ1v) is 10.1. The third-order valence-electron chi connectivity index (χ3n) is 4.57. The third kappa shape index (κ3) is 9.23. The Balaban J connectivity index is 1.65. The number of rotatable bonds is 11. The van der Waals surface area contributed by atoms with Crippen LogP contribution in [0.5, 0.6) is 0 Å². The van der Waals surface area contributed by atoms with Gasteiger partial charge < -0.3 is 29.4 Å². The van der Waals surface area contributed by atoms with Crippen LogP contribution in [0, 0.1) is 5.92 Å². The first kappa shape index (κ1) is 22.2. The molecule has 0 unspecified atom stereocenters. The molecule has 8 heteroatoms. The van der Waals surface area contributed by atoms with Gasteiger partial charge in [0.05, 0.1) is 6.26 Å². The minimum absolute atomic E-state index is 0.0353. The number of nitrogens with zero attached hydrogens (tertiary/aromatic N) is 2. The molecule has 0 aromatic carbocycles. The minimum atomic E-state index is -0.0353. The third-order valence-corrected chi connectivity index (χ3v) is 4.57. The van der Waals surface area contributed by atoms with Crippen LogP contribution in [0.1, 0.15) is 25.0 Å². The SMILES string of the molecule is CN(C)C(=O)CN=C(NCCCOCC1CCOCC1)NCCc1ccco1. The van der Waals surface area contributed by atoms with Crippen molar-refractivity contribution >= 4 is 11.9 Å². The van der Waals surface area contributed by atoms with Crippen LogP contribution < -0.4 is 10.6 Å². The Morgan fingerprint density at radius 2 is 2.07 bits per heavy atom. The van der Waals surface area contributed by atoms with E-state index in [0.717, 1.165) is 57.8 Å². The summed E-state index contributed by atoms with van der Waals surface area (Å²) in [6.45, 7) is 4.74. The fourth-order valence-electron chi connectivity index (χ4n) is 2.77. The number of amides is 1. The van der Waals surface area contributed by atoms with Gasteiger partial charge in [-0.3, -0.25) is 4.79 Å². The van der Waals surface area contributed by atoms with Crippen molar-refractivity contribution in [3.63, 3.8) is 0 Å². The number of likely N-dealkylation sites (N-methyl/N-ethyl adjacent to an activating group) is 1. The van der Waals surface area contributed by atoms with Gasteiger partial charge in [-0.2, -0.15) is 0 Å². The molecule has 2 rings (SSSR count). The topological polar surface area (TPSA) is 88.3 Å². The summed E-state index contributed by atoms with van der Waals surface area (Å²) in [5, 5.41) is 6.52. The molecule has 1 saturated heterocycles. The van der Waals surface area contributed by atoms with Crippen LogP contribution in [-0.2, 0) is 20.7 Å². The summed E-state index contributed by atoms with van der Waals surface area (Å²) in [5.41, 5.74) is 0. The number of carbonyl (C=O) groups excluding carboxylic acids is 1. The summed E-state index contributed by atoms with van der Waals surface area (Å²) < 4.78 is 16.5. The van der Waals surface area contributed by atoms with Crippen molar-refractivity contribution in [1.29, 1.82) is 0 Å². The molecule has 0 radical (unpaired) electrons. The maximum atomic E-state index is 11.8. The average Bonchev–Trinajstić information content (AvgIpc) is 3.22. The molecule has 158 valence electrons. The Bertz CT molecular complexity index is 569. The Kier molecular flexibility index (Phi) is 10.5. The highest BCUT2D eigenvalue weighted by Crippen LogP contribution is 2.14. The van der Waals surface area contributed by atoms with Gasteiger partial charge in [0.25, 0.3) is 0 Å². The van der Waals surface area contributed by atoms with Gasteiger partial charge in [-0.05, 0) is 37.3 Å². The van der Waals surface area contributed by atoms with E-state index in [1.807, 2.05) is 12.1 Å². The fourth-order valence-corrected chi connectivity index (χ4v) is 2.77. The molecule has 1 amide bonds. The maximum Gasteiger partial charge on any atom is 0.243 e. The van der Waals surface area contributed by atoms with Gasteiger partial charge in [0.1, 0.15) is 12.3 Å². The van der Waals surface area contributed by atoms with Gasteiger partial charge in [0, 0.05) is 60.0 Å². The zero-order valence-electron chi connectivity index (χ0n) is 17.1. The zero-order valence-corrected chi connectivity index (χ0v) is 17.1. The molecule has 2 heterocycles. The number of hydrogen-bond donors (Lipinski definition) is 2. The van der Waals surface area contributed by atoms with Crippen molar-refractivity contribution < 1.29 is 18.7 Å². The van der Waals surface area contributed by atoms with Crippen molar-refractivity contribution in [1.82, 2.24) is 15.5 Å². The normalized spacial score (nSPS) is 15.4. The summed E-state index contributed by atoms with van der Waals surface area (Å²) in [6.07, 6.45) is 5.48. The molecule has 1 aliphatic heterocycles. The van der Waals surface area contributed by atoms with Crippen molar-refractivity contribution in [2.75, 3.05) is 60.2 Å². The largest absolute Gasteiger partial charge is 0.469 e. The quantitative estimate of drug-likeness (QED) is 0.334. The van der Waals surface area contributed by atoms with E-state index in [9.17, 15) is 4.79 Å². The second kappa shape index (κ2) is 13.2. The lowest BCUT2D eigenvalue weighted by Gasteiger charge is -2.21. The van der Waals surface area contributed by atoms with E-state index < -0.39 is 0 Å². The zero-order chi connectivity index (χ0) is 20.0. The van der Waals surface area contributed by atoms with E-state index in [1.165, 1.54) is 4.90 Å². The molecule has 1 aromatic heterocycles. The van der Waals surface area contributed by atoms with Crippen molar-refractivity contribution in [2.45, 2.75) is 25.7 Å². The minimum Gasteiger partial charge on any atom is -0.469 e. The van der Waals surface area contributed by atoms with E-state index in [1.54, 1.807) is 20.4 Å². The van der Waals surface area contributed by atoms with E-state index in [0.29, 0.717) is 25.0 Å². The molecule has 8 nitrogen and oxygen atoms in total. The Hall–Kier alpha value is -2.06. The number of nitrogens with one attached hydrogen (secondary N) is 2. The molecule has 1 aromatic rings. The van der Waals surface area contributed by atoms with Gasteiger partial charge in [-0.15, -0.1) is 0 Å². The van der Waals surface area contributed by atoms with Crippen molar-refractivity contribution in [3.05, 3.63) is 24.2 Å². The van der Waals surface area contributed by atoms with Crippen LogP contribution in [0.4, 0.5) is 0 Å². The van der Waals surface area contributed by atoms with E-state index >= 15 is 0 Å². The smallest absolute Gasteiger partial charge is 0.243 e. The summed E-state index contributed by atoms with van der Waals surface area (Å²) >= 11 is 0. The van der Waals surface area contributed by atoms with Gasteiger partial charge in [-0.25, -0.2) is 4.99 Å². The summed E-state index contributed by atoms with van der Waals surface area (Å²) in [4.78, 5) is 17.7. The highest BCUT2D eigenvalue weighted by Gasteiger charge is 2.13. The number of aliphatic imine (C=N–C) groups is 1. The van der Waals surface area contributed by atoms with Gasteiger partial charge in [0.2, 0.25) is 5.91 Å². The van der Waals surface area contributed by atoms with Crippen LogP contribution in [0.3, 0.4) is 0 Å². The number of ether oxygens (including phenoxy) is 2. The Morgan fingerprint density at radius 3 is 2.79 bits per heavy atom. The highest BCUT2D eigenvalue weighted by atomic mass is 16.5. The van der Waals surface area contributed by atoms with Gasteiger partial charge in [-0.1, -0.05) is 0 Å². The molecule has 0 atom stereocenters. The summed E-state index contributed by atoms with van der Waals surface area (Å²) in [6, 6.07) is 3.82. The average molecular weight is 395 g/mol. The summed E-state index contributed by atoms with van der Waals surface area (Å²) in [5.74, 6) is 2.13. The van der Waals surface area contributed by atoms with Crippen LogP contribution in [0.15, 0.2) is 27.8 Å². The second-order valence-corrected chi connectivity index (χ2v) is 7.12. The lowest BCUT2D eigenvalue weighted by molar-refractivity contribution is -0.127. The molecular weight excluding hydrogens is 360 g/mol. The van der Waals surface area contributed by atoms with E-state index in [2.05, 4.69) is 15.6 Å². The van der Waals surface area contributed by atoms with Crippen molar-refractivity contribution in [3.8, 4) is 0 Å². The van der Waals surface area contributed by atoms with Crippen LogP contribution in [0.25, 0.3) is 0 Å². The lowest BCUT2D eigenvalue weighted by Crippen LogP contribution is -2.40. The molecule has 0 saturated carbocycles. The standard InChI is InChI=1S/C20H34N4O4/c1-24(2)19(25)15-23-20(22-10-6-18-5-3-12-28-18)21-9-4-11-27-16-17-7-13-26-14-8-17/h3,5,12,17H,4,6-11,13-16H2,1-2H3,(H2,21,22,23). The molecular formula is C20H34N4O4. The number of furan rings is 1. The van der Waals surface area contributed by atoms with Crippen molar-refractivity contribution in [2.24, 2.45) is 10.9 Å². The molecule has 0 bridgehead atoms. The predicted octanol–water partition coefficient (Wildman–Crippen LogP) is 1.28. The monoisotopic (exact) mass is 394 g/mol. The van der Waals surface area contributed by atoms with Crippen LogP contribution in [-0.4, -0.2) is 76.9 Å². The predicted molar refractivity (Wildman–Crippen MR) is 108 cm³/mol. The number of hydrogen-bond acceptors (Lipinski definition) is 5. The Morgan fingerprint density at radius 1 is 1.29 bits per heavy atom. The summed E-state index contributed by atoms with van der Waals surface area (Å²) in [7, 11) is 3.45. The van der Waals surface area contributed by atoms with Crippen LogP contribution >= 0.6 is 0 Å². The lowest BCUT2D eigenvalue weighted by atomic mass is 10.0. The molecule has 1 fully saturated rings. The molecule has 28 heavy (non-hydrogen) atoms. The number of carbonyl (C=O) groups is 1. The van der Waals surface area contributed by atoms with Gasteiger partial charge in [0.15, 0.2) is 5.96 Å². The van der Waals surface area contributed by atoms with E-state index in [-0.39, 0.29) is 12.5 Å².